The molecule has 2 aromatic rings. The smallest absolute Gasteiger partial charge is 0.243 e. The standard InChI is InChI=1S/C16H20N4OS/c1-3-14-18-19-16(22-14)17-15(21)11(2)20-9-8-12-6-4-5-7-13(12)10-20/h4-7,11H,3,8-10H2,1-2H3,(H,17,19,21). The fraction of sp³-hybridized carbons (Fsp3) is 0.438. The van der Waals surface area contributed by atoms with Crippen LogP contribution in [0.4, 0.5) is 5.13 Å². The summed E-state index contributed by atoms with van der Waals surface area (Å²) in [4.78, 5) is 14.6. The van der Waals surface area contributed by atoms with E-state index in [1.807, 2.05) is 13.8 Å². The van der Waals surface area contributed by atoms with Gasteiger partial charge in [0.2, 0.25) is 11.0 Å². The number of fused-ring (bicyclic) bond motifs is 1. The van der Waals surface area contributed by atoms with Gasteiger partial charge in [-0.3, -0.25) is 15.0 Å². The lowest BCUT2D eigenvalue weighted by atomic mass is 9.99. The van der Waals surface area contributed by atoms with Gasteiger partial charge in [0.25, 0.3) is 0 Å². The maximum atomic E-state index is 12.4. The number of carbonyl (C=O) groups is 1. The average molecular weight is 316 g/mol. The summed E-state index contributed by atoms with van der Waals surface area (Å²) < 4.78 is 0. The topological polar surface area (TPSA) is 58.1 Å². The van der Waals surface area contributed by atoms with E-state index in [-0.39, 0.29) is 11.9 Å². The van der Waals surface area contributed by atoms with Crippen molar-refractivity contribution in [3.05, 3.63) is 40.4 Å². The fourth-order valence-electron chi connectivity index (χ4n) is 2.67. The van der Waals surface area contributed by atoms with Crippen LogP contribution in [0, 0.1) is 0 Å². The molecule has 1 atom stereocenters. The van der Waals surface area contributed by atoms with E-state index in [1.165, 1.54) is 22.5 Å². The Balaban J connectivity index is 1.64. The van der Waals surface area contributed by atoms with Gasteiger partial charge in [0, 0.05) is 13.1 Å². The Morgan fingerprint density at radius 2 is 2.14 bits per heavy atom. The number of rotatable bonds is 4. The molecule has 1 unspecified atom stereocenters. The number of anilines is 1. The minimum Gasteiger partial charge on any atom is -0.299 e. The van der Waals surface area contributed by atoms with E-state index >= 15 is 0 Å². The number of carbonyl (C=O) groups excluding carboxylic acids is 1. The molecule has 1 aromatic heterocycles. The highest BCUT2D eigenvalue weighted by Gasteiger charge is 2.25. The zero-order valence-corrected chi connectivity index (χ0v) is 13.7. The second-order valence-electron chi connectivity index (χ2n) is 5.51. The van der Waals surface area contributed by atoms with Crippen LogP contribution in [0.2, 0.25) is 0 Å². The highest BCUT2D eigenvalue weighted by atomic mass is 32.1. The molecule has 1 N–H and O–H groups in total. The minimum atomic E-state index is -0.178. The lowest BCUT2D eigenvalue weighted by Gasteiger charge is -2.32. The third-order valence-electron chi connectivity index (χ3n) is 4.09. The Labute approximate surface area is 134 Å². The van der Waals surface area contributed by atoms with Gasteiger partial charge in [-0.25, -0.2) is 0 Å². The summed E-state index contributed by atoms with van der Waals surface area (Å²) in [6.07, 6.45) is 1.83. The van der Waals surface area contributed by atoms with Crippen LogP contribution in [-0.4, -0.2) is 33.6 Å². The molecule has 0 radical (unpaired) electrons. The first-order chi connectivity index (χ1) is 10.7. The van der Waals surface area contributed by atoms with Gasteiger partial charge in [0.05, 0.1) is 6.04 Å². The summed E-state index contributed by atoms with van der Waals surface area (Å²) in [6.45, 7) is 5.70. The second kappa shape index (κ2) is 6.54. The van der Waals surface area contributed by atoms with Gasteiger partial charge in [-0.05, 0) is 30.9 Å². The van der Waals surface area contributed by atoms with Crippen LogP contribution in [0.3, 0.4) is 0 Å². The summed E-state index contributed by atoms with van der Waals surface area (Å²) in [5, 5.41) is 12.4. The van der Waals surface area contributed by atoms with Crippen molar-refractivity contribution in [1.82, 2.24) is 15.1 Å². The normalized spacial score (nSPS) is 16.1. The van der Waals surface area contributed by atoms with Crippen molar-refractivity contribution in [3.63, 3.8) is 0 Å². The Hall–Kier alpha value is -1.79. The van der Waals surface area contributed by atoms with Gasteiger partial charge >= 0.3 is 0 Å². The molecule has 6 heteroatoms. The molecule has 0 aliphatic carbocycles. The summed E-state index contributed by atoms with van der Waals surface area (Å²) in [6, 6.07) is 8.27. The van der Waals surface area contributed by atoms with E-state index < -0.39 is 0 Å². The Morgan fingerprint density at radius 1 is 1.36 bits per heavy atom. The molecule has 0 spiro atoms. The molecule has 1 aliphatic heterocycles. The van der Waals surface area contributed by atoms with Crippen LogP contribution in [-0.2, 0) is 24.2 Å². The SMILES string of the molecule is CCc1nnc(NC(=O)C(C)N2CCc3ccccc3C2)s1. The minimum absolute atomic E-state index is 0.0156. The summed E-state index contributed by atoms with van der Waals surface area (Å²) in [5.74, 6) is -0.0156. The monoisotopic (exact) mass is 316 g/mol. The van der Waals surface area contributed by atoms with Crippen LogP contribution < -0.4 is 5.32 Å². The first-order valence-electron chi connectivity index (χ1n) is 7.61. The van der Waals surface area contributed by atoms with Crippen LogP contribution in [0.15, 0.2) is 24.3 Å². The number of amides is 1. The first kappa shape index (κ1) is 15.1. The molecule has 1 aliphatic rings. The second-order valence-corrected chi connectivity index (χ2v) is 6.57. The van der Waals surface area contributed by atoms with E-state index in [2.05, 4.69) is 44.7 Å². The van der Waals surface area contributed by atoms with E-state index in [0.717, 1.165) is 30.9 Å². The number of hydrogen-bond donors (Lipinski definition) is 1. The molecule has 3 rings (SSSR count). The van der Waals surface area contributed by atoms with Crippen LogP contribution in [0.5, 0.6) is 0 Å². The number of nitrogens with one attached hydrogen (secondary N) is 1. The van der Waals surface area contributed by atoms with Crippen molar-refractivity contribution in [1.29, 1.82) is 0 Å². The molecule has 0 saturated carbocycles. The molecule has 5 nitrogen and oxygen atoms in total. The molecular weight excluding hydrogens is 296 g/mol. The first-order valence-corrected chi connectivity index (χ1v) is 8.43. The van der Waals surface area contributed by atoms with Gasteiger partial charge in [-0.1, -0.05) is 42.5 Å². The molecule has 22 heavy (non-hydrogen) atoms. The molecule has 1 aromatic carbocycles. The quantitative estimate of drug-likeness (QED) is 0.941. The molecule has 1 amide bonds. The van der Waals surface area contributed by atoms with Crippen molar-refractivity contribution in [2.75, 3.05) is 11.9 Å². The summed E-state index contributed by atoms with van der Waals surface area (Å²) >= 11 is 1.44. The zero-order valence-electron chi connectivity index (χ0n) is 12.9. The van der Waals surface area contributed by atoms with Crippen molar-refractivity contribution < 1.29 is 4.79 Å². The maximum Gasteiger partial charge on any atom is 0.243 e. The Morgan fingerprint density at radius 3 is 2.86 bits per heavy atom. The largest absolute Gasteiger partial charge is 0.299 e. The Kier molecular flexibility index (Phi) is 4.49. The molecule has 0 fully saturated rings. The van der Waals surface area contributed by atoms with Gasteiger partial charge in [-0.2, -0.15) is 0 Å². The van der Waals surface area contributed by atoms with Gasteiger partial charge in [-0.15, -0.1) is 10.2 Å². The van der Waals surface area contributed by atoms with Gasteiger partial charge < -0.3 is 0 Å². The fourth-order valence-corrected chi connectivity index (χ4v) is 3.35. The van der Waals surface area contributed by atoms with Crippen LogP contribution in [0.25, 0.3) is 0 Å². The van der Waals surface area contributed by atoms with Crippen LogP contribution in [0.1, 0.15) is 30.0 Å². The van der Waals surface area contributed by atoms with Crippen molar-refractivity contribution >= 4 is 22.4 Å². The molecule has 0 bridgehead atoms. The number of hydrogen-bond acceptors (Lipinski definition) is 5. The molecule has 2 heterocycles. The van der Waals surface area contributed by atoms with E-state index in [9.17, 15) is 4.79 Å². The van der Waals surface area contributed by atoms with Gasteiger partial charge in [0.15, 0.2) is 0 Å². The van der Waals surface area contributed by atoms with Crippen molar-refractivity contribution in [2.24, 2.45) is 0 Å². The van der Waals surface area contributed by atoms with Gasteiger partial charge in [0.1, 0.15) is 5.01 Å². The lowest BCUT2D eigenvalue weighted by Crippen LogP contribution is -2.44. The highest BCUT2D eigenvalue weighted by molar-refractivity contribution is 7.15. The number of nitrogens with zero attached hydrogens (tertiary/aromatic N) is 3. The summed E-state index contributed by atoms with van der Waals surface area (Å²) in [5.41, 5.74) is 2.71. The summed E-state index contributed by atoms with van der Waals surface area (Å²) in [7, 11) is 0. The predicted octanol–water partition coefficient (Wildman–Crippen LogP) is 2.49. The molecular formula is C16H20N4OS. The Bertz CT molecular complexity index is 670. The van der Waals surface area contributed by atoms with E-state index in [4.69, 9.17) is 0 Å². The number of aryl methyl sites for hydroxylation is 1. The average Bonchev–Trinajstić information content (AvgIpc) is 3.01. The van der Waals surface area contributed by atoms with E-state index in [0.29, 0.717) is 5.13 Å². The van der Waals surface area contributed by atoms with Crippen molar-refractivity contribution in [3.8, 4) is 0 Å². The molecule has 0 saturated heterocycles. The maximum absolute atomic E-state index is 12.4. The zero-order chi connectivity index (χ0) is 15.5. The van der Waals surface area contributed by atoms with E-state index in [1.54, 1.807) is 0 Å². The lowest BCUT2D eigenvalue weighted by molar-refractivity contribution is -0.121. The third kappa shape index (κ3) is 3.18. The van der Waals surface area contributed by atoms with Crippen molar-refractivity contribution in [2.45, 2.75) is 39.3 Å². The predicted molar refractivity (Wildman–Crippen MR) is 87.9 cm³/mol. The van der Waals surface area contributed by atoms with Crippen LogP contribution >= 0.6 is 11.3 Å². The number of aromatic nitrogens is 2. The highest BCUT2D eigenvalue weighted by Crippen LogP contribution is 2.21. The third-order valence-corrected chi connectivity index (χ3v) is 5.07. The molecule has 116 valence electrons. The number of benzene rings is 1.